The first kappa shape index (κ1) is 53.6. The zero-order valence-electron chi connectivity index (χ0n) is 32.6. The number of halogens is 2. The molecule has 1 fully saturated rings. The predicted molar refractivity (Wildman–Crippen MR) is 206 cm³/mol. The average Bonchev–Trinajstić information content (AvgIpc) is 3.59. The van der Waals surface area contributed by atoms with Crippen LogP contribution in [0.1, 0.15) is 52.9 Å². The van der Waals surface area contributed by atoms with Crippen molar-refractivity contribution >= 4 is 43.5 Å². The van der Waals surface area contributed by atoms with Gasteiger partial charge in [0.25, 0.3) is 0 Å². The molecule has 0 saturated carbocycles. The second kappa shape index (κ2) is 28.9. The van der Waals surface area contributed by atoms with E-state index in [-0.39, 0.29) is 40.9 Å². The van der Waals surface area contributed by atoms with Gasteiger partial charge in [-0.1, -0.05) is 152 Å². The summed E-state index contributed by atoms with van der Waals surface area (Å²) in [6, 6.07) is 44.6. The average molecular weight is 965 g/mol. The van der Waals surface area contributed by atoms with Gasteiger partial charge in [0.1, 0.15) is 0 Å². The molecule has 0 N–H and O–H groups in total. The van der Waals surface area contributed by atoms with Crippen molar-refractivity contribution in [3.05, 3.63) is 146 Å². The van der Waals surface area contributed by atoms with Crippen LogP contribution in [0.2, 0.25) is 0 Å². The fourth-order valence-corrected chi connectivity index (χ4v) is 10.9. The van der Waals surface area contributed by atoms with Gasteiger partial charge in [-0.3, -0.25) is 4.90 Å². The molecule has 0 bridgehead atoms. The quantitative estimate of drug-likeness (QED) is 0.0934. The number of ether oxygens (including phenoxy) is 1. The van der Waals surface area contributed by atoms with Gasteiger partial charge >= 0.3 is 19.5 Å². The molecule has 316 valence electrons. The minimum atomic E-state index is -4.94. The summed E-state index contributed by atoms with van der Waals surface area (Å²) in [4.78, 5) is 12.2. The Hall–Kier alpha value is -2.47. The first-order chi connectivity index (χ1) is 26.9. The van der Waals surface area contributed by atoms with Crippen LogP contribution in [0.25, 0.3) is 0 Å². The minimum absolute atomic E-state index is 0. The fraction of sp³-hybridized carbons (Fsp3) is 0.310. The van der Waals surface area contributed by atoms with Crippen molar-refractivity contribution in [2.45, 2.75) is 64.1 Å². The molecule has 11 nitrogen and oxygen atoms in total. The fourth-order valence-electron chi connectivity index (χ4n) is 5.61. The number of hydrogen-bond acceptors (Lipinski definition) is 11. The second-order valence-electron chi connectivity index (χ2n) is 13.5. The summed E-state index contributed by atoms with van der Waals surface area (Å²) < 4.78 is 72.4. The van der Waals surface area contributed by atoms with Crippen LogP contribution in [0.3, 0.4) is 0 Å². The number of likely N-dealkylation sites (tertiary alicyclic amines) is 1. The standard InChI is InChI=1S/C29H29NP2.C8H12.C5H9O2.2ClHO4.Rh/c1-5-13-25(14-6-1)31(26-15-7-2-8-16-26)24-30-22-21-29(23-30)32(27-17-9-3-10-18-27)28-19-11-4-12-20-28;1-2-4-6-8-7-5-3-1;1-5(2,3)7-4-6;2*2-1(3,4)5;/h1-20,29H,21-24H2;1-2,7-8H,3-6H2;1-3H3;2*(H,2,3,4,5);/q;;-1;;;+3/p-2/b;2-1-,8-7?;;;;/t29-;;;;;/m0...../s1. The Kier molecular flexibility index (Phi) is 26.7. The molecule has 16 heteroatoms. The Morgan fingerprint density at radius 2 is 0.914 bits per heavy atom. The van der Waals surface area contributed by atoms with Crippen molar-refractivity contribution in [1.29, 1.82) is 0 Å². The van der Waals surface area contributed by atoms with Crippen molar-refractivity contribution in [2.75, 3.05) is 19.4 Å². The molecule has 2 aliphatic rings. The number of allylic oxidation sites excluding steroid dienone is 4. The maximum absolute atomic E-state index is 9.47. The van der Waals surface area contributed by atoms with Crippen LogP contribution < -0.4 is 58.5 Å². The molecule has 6 rings (SSSR count). The monoisotopic (exact) mass is 963 g/mol. The Morgan fingerprint density at radius 3 is 1.19 bits per heavy atom. The number of hydrogen-bond donors (Lipinski definition) is 0. The van der Waals surface area contributed by atoms with E-state index in [9.17, 15) is 4.79 Å². The van der Waals surface area contributed by atoms with Crippen molar-refractivity contribution in [2.24, 2.45) is 0 Å². The van der Waals surface area contributed by atoms with Crippen molar-refractivity contribution in [3.63, 3.8) is 0 Å². The first-order valence-corrected chi connectivity index (χ1v) is 23.4. The van der Waals surface area contributed by atoms with Crippen molar-refractivity contribution < 1.29 is 86.8 Å². The van der Waals surface area contributed by atoms with Gasteiger partial charge in [-0.25, -0.2) is 37.3 Å². The van der Waals surface area contributed by atoms with Crippen LogP contribution in [0.5, 0.6) is 0 Å². The van der Waals surface area contributed by atoms with Gasteiger partial charge in [0.05, 0.1) is 5.60 Å². The van der Waals surface area contributed by atoms with E-state index in [1.165, 1.54) is 72.9 Å². The Morgan fingerprint density at radius 1 is 0.603 bits per heavy atom. The zero-order chi connectivity index (χ0) is 42.2. The minimum Gasteiger partial charge on any atom is -0.649 e. The van der Waals surface area contributed by atoms with Crippen LogP contribution in [0.4, 0.5) is 0 Å². The molecule has 0 unspecified atom stereocenters. The number of benzene rings is 4. The maximum atomic E-state index is 9.47. The third-order valence-electron chi connectivity index (χ3n) is 7.84. The van der Waals surface area contributed by atoms with E-state index in [0.29, 0.717) is 5.66 Å². The molecule has 0 radical (unpaired) electrons. The van der Waals surface area contributed by atoms with Gasteiger partial charge in [0, 0.05) is 18.5 Å². The van der Waals surface area contributed by atoms with Gasteiger partial charge in [-0.05, 0) is 96.5 Å². The molecule has 1 aliphatic carbocycles. The van der Waals surface area contributed by atoms with E-state index in [0.717, 1.165) is 6.29 Å². The van der Waals surface area contributed by atoms with Crippen LogP contribution in [-0.4, -0.2) is 42.0 Å². The topological polar surface area (TPSA) is 214 Å². The Labute approximate surface area is 362 Å². The van der Waals surface area contributed by atoms with Crippen molar-refractivity contribution in [3.8, 4) is 0 Å². The van der Waals surface area contributed by atoms with Gasteiger partial charge in [-0.15, -0.1) is 20.5 Å². The molecule has 1 heterocycles. The molecular weight excluding hydrogens is 914 g/mol. The Bertz CT molecular complexity index is 1570. The van der Waals surface area contributed by atoms with E-state index in [1.807, 2.05) is 0 Å². The molecule has 0 spiro atoms. The van der Waals surface area contributed by atoms with E-state index in [1.54, 1.807) is 20.8 Å². The molecule has 0 aromatic heterocycles. The van der Waals surface area contributed by atoms with Crippen LogP contribution in [-0.2, 0) is 29.0 Å². The maximum Gasteiger partial charge on any atom is 3.00 e. The van der Waals surface area contributed by atoms with Gasteiger partial charge in [0.15, 0.2) is 0 Å². The second-order valence-corrected chi connectivity index (χ2v) is 19.6. The summed E-state index contributed by atoms with van der Waals surface area (Å²) in [5, 5.41) is 5.97. The zero-order valence-corrected chi connectivity index (χ0v) is 37.5. The smallest absolute Gasteiger partial charge is 0.649 e. The Balaban J connectivity index is 0.000000526. The molecular formula is C42H50Cl2NO10P2Rh. The number of carbonyl (C=O) groups excluding carboxylic acids is 1. The molecule has 1 aliphatic heterocycles. The summed E-state index contributed by atoms with van der Waals surface area (Å²) in [5.41, 5.74) is 0.333. The van der Waals surface area contributed by atoms with E-state index in [2.05, 4.69) is 155 Å². The first-order valence-electron chi connectivity index (χ1n) is 18.0. The third kappa shape index (κ3) is 26.6. The van der Waals surface area contributed by atoms with Crippen LogP contribution in [0.15, 0.2) is 146 Å². The normalized spacial score (nSPS) is 15.8. The van der Waals surface area contributed by atoms with Crippen LogP contribution in [0, 0.1) is 20.5 Å². The molecule has 1 atom stereocenters. The van der Waals surface area contributed by atoms with Gasteiger partial charge < -0.3 is 9.53 Å². The SMILES string of the molecule is C1=CCC/C=C\CC1.CC(C)(C)O[C-]=O.[O-][Cl+3]([O-])([O-])[O-].[O-][Cl+3]([O-])([O-])[O-].[Rh+3].c1ccc(P(CN2CC[C@H](P(c3ccccc3)c3ccccc3)C2)c2ccccc2)cc1. The van der Waals surface area contributed by atoms with Crippen LogP contribution >= 0.6 is 15.8 Å². The number of rotatable bonds is 8. The molecule has 58 heavy (non-hydrogen) atoms. The molecule has 1 saturated heterocycles. The van der Waals surface area contributed by atoms with E-state index >= 15 is 0 Å². The molecule has 4 aromatic carbocycles. The van der Waals surface area contributed by atoms with Gasteiger partial charge in [0.2, 0.25) is 0 Å². The molecule has 4 aromatic rings. The third-order valence-corrected chi connectivity index (χ3v) is 13.2. The van der Waals surface area contributed by atoms with Crippen molar-refractivity contribution in [1.82, 2.24) is 4.90 Å². The summed E-state index contributed by atoms with van der Waals surface area (Å²) in [7, 11) is -10.6. The van der Waals surface area contributed by atoms with Gasteiger partial charge in [-0.2, -0.15) is 0 Å². The summed E-state index contributed by atoms with van der Waals surface area (Å²) in [6.07, 6.45) is 16.4. The predicted octanol–water partition coefficient (Wildman–Crippen LogP) is -0.689. The number of nitrogens with zero attached hydrogens (tertiary/aromatic N) is 1. The summed E-state index contributed by atoms with van der Waals surface area (Å²) in [5.74, 6) is 0. The largest absolute Gasteiger partial charge is 3.00 e. The van der Waals surface area contributed by atoms with E-state index < -0.39 is 20.5 Å². The summed E-state index contributed by atoms with van der Waals surface area (Å²) >= 11 is 0. The van der Waals surface area contributed by atoms with E-state index in [4.69, 9.17) is 37.3 Å². The molecule has 0 amide bonds. The summed E-state index contributed by atoms with van der Waals surface area (Å²) in [6.45, 7) is 9.11.